The summed E-state index contributed by atoms with van der Waals surface area (Å²) in [6, 6.07) is 0. The van der Waals surface area contributed by atoms with Crippen LogP contribution in [0.15, 0.2) is 12.3 Å². The van der Waals surface area contributed by atoms with E-state index in [0.717, 1.165) is 0 Å². The second-order valence-electron chi connectivity index (χ2n) is 1.54. The summed E-state index contributed by atoms with van der Waals surface area (Å²) in [6.07, 6.45) is 3.36. The number of hydrogen-bond donors (Lipinski definition) is 2. The van der Waals surface area contributed by atoms with Crippen molar-refractivity contribution < 1.29 is 4.79 Å². The maximum atomic E-state index is 9.88. The van der Waals surface area contributed by atoms with Crippen LogP contribution in [-0.4, -0.2) is 24.2 Å². The summed E-state index contributed by atoms with van der Waals surface area (Å²) >= 11 is 0. The molecular weight excluding hydrogens is 118 g/mol. The Bertz CT molecular complexity index is 141. The van der Waals surface area contributed by atoms with Gasteiger partial charge in [0.05, 0.1) is 0 Å². The molecule has 0 aliphatic carbocycles. The highest BCUT2D eigenvalue weighted by Crippen LogP contribution is 1.75. The number of nitrogens with zero attached hydrogens (tertiary/aromatic N) is 1. The summed E-state index contributed by atoms with van der Waals surface area (Å²) in [5.74, 6) is -0.0660. The molecule has 3 N–H and O–H groups in total. The van der Waals surface area contributed by atoms with Crippen molar-refractivity contribution in [3.8, 4) is 0 Å². The van der Waals surface area contributed by atoms with Crippen LogP contribution >= 0.6 is 0 Å². The van der Waals surface area contributed by atoms with Crippen molar-refractivity contribution >= 4 is 12.2 Å². The maximum Gasteiger partial charge on any atom is 0.213 e. The molecule has 9 heavy (non-hydrogen) atoms. The minimum atomic E-state index is -0.0660. The maximum absolute atomic E-state index is 9.88. The highest BCUT2D eigenvalue weighted by atomic mass is 16.1. The van der Waals surface area contributed by atoms with Crippen LogP contribution in [0.4, 0.5) is 0 Å². The average molecular weight is 127 g/mol. The van der Waals surface area contributed by atoms with Crippen LogP contribution in [0, 0.1) is 5.41 Å². The molecule has 0 saturated carbocycles. The molecule has 4 nitrogen and oxygen atoms in total. The Morgan fingerprint density at radius 3 is 2.67 bits per heavy atom. The first-order valence-corrected chi connectivity index (χ1v) is 2.36. The van der Waals surface area contributed by atoms with E-state index in [0.29, 0.717) is 6.41 Å². The van der Waals surface area contributed by atoms with Crippen LogP contribution in [0.2, 0.25) is 0 Å². The second kappa shape index (κ2) is 3.65. The van der Waals surface area contributed by atoms with Gasteiger partial charge in [-0.25, -0.2) is 0 Å². The lowest BCUT2D eigenvalue weighted by Gasteiger charge is -1.99. The van der Waals surface area contributed by atoms with Crippen molar-refractivity contribution in [3.05, 3.63) is 12.3 Å². The number of amides is 1. The normalized spacial score (nSPS) is 9.44. The average Bonchev–Trinajstić information content (AvgIpc) is 1.83. The zero-order valence-corrected chi connectivity index (χ0v) is 5.16. The highest BCUT2D eigenvalue weighted by molar-refractivity contribution is 5.88. The van der Waals surface area contributed by atoms with E-state index in [4.69, 9.17) is 11.1 Å². The molecule has 0 bridgehead atoms. The summed E-state index contributed by atoms with van der Waals surface area (Å²) in [4.78, 5) is 11.1. The lowest BCUT2D eigenvalue weighted by atomic mass is 10.5. The summed E-state index contributed by atoms with van der Waals surface area (Å²) in [5.41, 5.74) is 4.95. The lowest BCUT2D eigenvalue weighted by molar-refractivity contribution is -0.114. The van der Waals surface area contributed by atoms with Crippen LogP contribution in [-0.2, 0) is 4.79 Å². The largest absolute Gasteiger partial charge is 0.384 e. The van der Waals surface area contributed by atoms with Gasteiger partial charge in [-0.1, -0.05) is 0 Å². The molecule has 0 aromatic carbocycles. The molecule has 0 radical (unpaired) electrons. The zero-order chi connectivity index (χ0) is 7.28. The Labute approximate surface area is 53.5 Å². The standard InChI is InChI=1S/C5H9N3O/c1-8(4-9)3-2-5(6)7/h2-4H,1H3,(H3,6,7)/b3-2-. The topological polar surface area (TPSA) is 70.2 Å². The Kier molecular flexibility index (Phi) is 3.12. The van der Waals surface area contributed by atoms with Crippen molar-refractivity contribution in [2.75, 3.05) is 7.05 Å². The van der Waals surface area contributed by atoms with Gasteiger partial charge in [0.2, 0.25) is 6.41 Å². The van der Waals surface area contributed by atoms with Gasteiger partial charge in [0, 0.05) is 13.2 Å². The Balaban J connectivity index is 3.69. The molecule has 0 saturated heterocycles. The number of amidine groups is 1. The van der Waals surface area contributed by atoms with E-state index < -0.39 is 0 Å². The summed E-state index contributed by atoms with van der Waals surface area (Å²) in [6.45, 7) is 0. The first-order chi connectivity index (χ1) is 4.16. The monoisotopic (exact) mass is 127 g/mol. The minimum absolute atomic E-state index is 0.0660. The van der Waals surface area contributed by atoms with Crippen molar-refractivity contribution in [1.82, 2.24) is 4.90 Å². The van der Waals surface area contributed by atoms with E-state index >= 15 is 0 Å². The lowest BCUT2D eigenvalue weighted by Crippen LogP contribution is -2.10. The van der Waals surface area contributed by atoms with Crippen molar-refractivity contribution in [3.63, 3.8) is 0 Å². The minimum Gasteiger partial charge on any atom is -0.384 e. The van der Waals surface area contributed by atoms with Crippen LogP contribution < -0.4 is 5.73 Å². The van der Waals surface area contributed by atoms with Crippen molar-refractivity contribution in [2.45, 2.75) is 0 Å². The van der Waals surface area contributed by atoms with Gasteiger partial charge in [0.25, 0.3) is 0 Å². The van der Waals surface area contributed by atoms with Gasteiger partial charge in [-0.15, -0.1) is 0 Å². The fourth-order valence-corrected chi connectivity index (χ4v) is 0.233. The molecule has 0 atom stereocenters. The molecule has 50 valence electrons. The van der Waals surface area contributed by atoms with Gasteiger partial charge in [0.15, 0.2) is 0 Å². The fourth-order valence-electron chi connectivity index (χ4n) is 0.233. The first kappa shape index (κ1) is 7.68. The molecule has 0 aromatic heterocycles. The van der Waals surface area contributed by atoms with E-state index in [1.165, 1.54) is 17.2 Å². The quantitative estimate of drug-likeness (QED) is 0.305. The van der Waals surface area contributed by atoms with Gasteiger partial charge in [0.1, 0.15) is 5.84 Å². The SMILES string of the molecule is CN(C=O)/C=C\C(=N)N. The number of carbonyl (C=O) groups excluding carboxylic acids is 1. The number of nitrogens with one attached hydrogen (secondary N) is 1. The van der Waals surface area contributed by atoms with Crippen molar-refractivity contribution in [1.29, 1.82) is 5.41 Å². The third kappa shape index (κ3) is 4.53. The molecule has 1 amide bonds. The van der Waals surface area contributed by atoms with Crippen LogP contribution in [0.5, 0.6) is 0 Å². The molecule has 0 aliphatic rings. The number of carbonyl (C=O) groups is 1. The molecule has 0 aromatic rings. The van der Waals surface area contributed by atoms with E-state index in [9.17, 15) is 4.79 Å². The molecule has 0 heterocycles. The smallest absolute Gasteiger partial charge is 0.213 e. The van der Waals surface area contributed by atoms with E-state index in [1.54, 1.807) is 7.05 Å². The van der Waals surface area contributed by atoms with E-state index in [-0.39, 0.29) is 5.84 Å². The van der Waals surface area contributed by atoms with Gasteiger partial charge in [-0.3, -0.25) is 10.2 Å². The molecule has 0 unspecified atom stereocenters. The number of rotatable bonds is 3. The van der Waals surface area contributed by atoms with Crippen molar-refractivity contribution in [2.24, 2.45) is 5.73 Å². The summed E-state index contributed by atoms with van der Waals surface area (Å²) in [5, 5.41) is 6.71. The molecular formula is C5H9N3O. The second-order valence-corrected chi connectivity index (χ2v) is 1.54. The van der Waals surface area contributed by atoms with Crippen LogP contribution in [0.25, 0.3) is 0 Å². The summed E-state index contributed by atoms with van der Waals surface area (Å²) < 4.78 is 0. The molecule has 0 rings (SSSR count). The molecule has 0 aliphatic heterocycles. The van der Waals surface area contributed by atoms with E-state index in [2.05, 4.69) is 0 Å². The predicted octanol–water partition coefficient (Wildman–Crippen LogP) is -0.476. The molecule has 0 spiro atoms. The van der Waals surface area contributed by atoms with Gasteiger partial charge in [-0.2, -0.15) is 0 Å². The third-order valence-electron chi connectivity index (χ3n) is 0.655. The predicted molar refractivity (Wildman–Crippen MR) is 34.9 cm³/mol. The molecule has 4 heteroatoms. The van der Waals surface area contributed by atoms with Gasteiger partial charge < -0.3 is 10.6 Å². The Morgan fingerprint density at radius 2 is 2.33 bits per heavy atom. The highest BCUT2D eigenvalue weighted by Gasteiger charge is 1.82. The Morgan fingerprint density at radius 1 is 1.78 bits per heavy atom. The zero-order valence-electron chi connectivity index (χ0n) is 5.16. The van der Waals surface area contributed by atoms with Gasteiger partial charge >= 0.3 is 0 Å². The summed E-state index contributed by atoms with van der Waals surface area (Å²) in [7, 11) is 1.56. The Hall–Kier alpha value is -1.32. The first-order valence-electron chi connectivity index (χ1n) is 2.36. The van der Waals surface area contributed by atoms with Crippen LogP contribution in [0.1, 0.15) is 0 Å². The third-order valence-corrected chi connectivity index (χ3v) is 0.655. The number of nitrogens with two attached hydrogens (primary N) is 1. The number of hydrogen-bond acceptors (Lipinski definition) is 2. The van der Waals surface area contributed by atoms with E-state index in [1.807, 2.05) is 0 Å². The fraction of sp³-hybridized carbons (Fsp3) is 0.200. The molecule has 0 fully saturated rings. The van der Waals surface area contributed by atoms with Gasteiger partial charge in [-0.05, 0) is 6.08 Å². The van der Waals surface area contributed by atoms with Crippen LogP contribution in [0.3, 0.4) is 0 Å².